The molecule has 2 aromatic heterocycles. The van der Waals surface area contributed by atoms with Gasteiger partial charge in [0.1, 0.15) is 9.88 Å². The van der Waals surface area contributed by atoms with Gasteiger partial charge < -0.3 is 11.1 Å². The zero-order chi connectivity index (χ0) is 16.4. The van der Waals surface area contributed by atoms with Gasteiger partial charge in [0.25, 0.3) is 5.91 Å². The lowest BCUT2D eigenvalue weighted by Gasteiger charge is -2.05. The molecule has 0 aliphatic carbocycles. The first kappa shape index (κ1) is 15.4. The summed E-state index contributed by atoms with van der Waals surface area (Å²) < 4.78 is 0. The van der Waals surface area contributed by atoms with Crippen LogP contribution in [0.5, 0.6) is 0 Å². The van der Waals surface area contributed by atoms with E-state index in [0.29, 0.717) is 21.8 Å². The number of thiophene rings is 1. The third-order valence-electron chi connectivity index (χ3n) is 3.18. The lowest BCUT2D eigenvalue weighted by atomic mass is 10.2. The molecule has 0 atom stereocenters. The summed E-state index contributed by atoms with van der Waals surface area (Å²) in [5.74, 6) is -0.780. The van der Waals surface area contributed by atoms with Crippen molar-refractivity contribution < 1.29 is 9.59 Å². The lowest BCUT2D eigenvalue weighted by molar-refractivity contribution is 0.0996. The SMILES string of the molecule is Cc1nc(-c2ccsc2)sc1C(=O)Nc1cccc(C(N)=O)c1. The molecule has 0 aliphatic heterocycles. The molecule has 3 rings (SSSR count). The molecule has 0 spiro atoms. The normalized spacial score (nSPS) is 10.5. The van der Waals surface area contributed by atoms with Crippen LogP contribution in [0.2, 0.25) is 0 Å². The maximum atomic E-state index is 12.4. The van der Waals surface area contributed by atoms with E-state index in [0.717, 1.165) is 10.6 Å². The van der Waals surface area contributed by atoms with E-state index in [2.05, 4.69) is 10.3 Å². The fraction of sp³-hybridized carbons (Fsp3) is 0.0625. The van der Waals surface area contributed by atoms with Gasteiger partial charge >= 0.3 is 0 Å². The highest BCUT2D eigenvalue weighted by Crippen LogP contribution is 2.29. The number of nitrogens with two attached hydrogens (primary N) is 1. The predicted molar refractivity (Wildman–Crippen MR) is 93.1 cm³/mol. The molecule has 0 fully saturated rings. The van der Waals surface area contributed by atoms with Crippen LogP contribution in [0.4, 0.5) is 5.69 Å². The molecule has 0 aliphatic rings. The first-order valence-corrected chi connectivity index (χ1v) is 8.52. The topological polar surface area (TPSA) is 85.1 Å². The van der Waals surface area contributed by atoms with Gasteiger partial charge in [0, 0.05) is 22.2 Å². The van der Waals surface area contributed by atoms with Crippen molar-refractivity contribution in [1.82, 2.24) is 4.98 Å². The molecule has 7 heteroatoms. The molecule has 2 amide bonds. The summed E-state index contributed by atoms with van der Waals surface area (Å²) in [6.07, 6.45) is 0. The van der Waals surface area contributed by atoms with Crippen LogP contribution in [0.15, 0.2) is 41.1 Å². The van der Waals surface area contributed by atoms with Crippen LogP contribution in [0, 0.1) is 6.92 Å². The van der Waals surface area contributed by atoms with E-state index in [4.69, 9.17) is 5.73 Å². The Labute approximate surface area is 140 Å². The van der Waals surface area contributed by atoms with Crippen LogP contribution in [0.25, 0.3) is 10.6 Å². The summed E-state index contributed by atoms with van der Waals surface area (Å²) >= 11 is 2.93. The van der Waals surface area contributed by atoms with Gasteiger partial charge in [-0.3, -0.25) is 9.59 Å². The highest BCUT2D eigenvalue weighted by molar-refractivity contribution is 7.17. The average molecular weight is 343 g/mol. The highest BCUT2D eigenvalue weighted by Gasteiger charge is 2.17. The standard InChI is InChI=1S/C16H13N3O2S2/c1-9-13(23-16(18-9)11-5-6-22-8-11)15(21)19-12-4-2-3-10(7-12)14(17)20/h2-8H,1H3,(H2,17,20)(H,19,21). The van der Waals surface area contributed by atoms with Gasteiger partial charge in [0.2, 0.25) is 5.91 Å². The van der Waals surface area contributed by atoms with Crippen molar-refractivity contribution in [1.29, 1.82) is 0 Å². The highest BCUT2D eigenvalue weighted by atomic mass is 32.1. The number of primary amides is 1. The molecule has 5 nitrogen and oxygen atoms in total. The maximum absolute atomic E-state index is 12.4. The summed E-state index contributed by atoms with van der Waals surface area (Å²) in [6.45, 7) is 1.81. The van der Waals surface area contributed by atoms with E-state index >= 15 is 0 Å². The summed E-state index contributed by atoms with van der Waals surface area (Å²) in [5, 5.41) is 7.57. The molecule has 3 aromatic rings. The third kappa shape index (κ3) is 3.30. The average Bonchev–Trinajstić information content (AvgIpc) is 3.16. The molecule has 116 valence electrons. The summed E-state index contributed by atoms with van der Waals surface area (Å²) in [7, 11) is 0. The second kappa shape index (κ2) is 6.31. The van der Waals surface area contributed by atoms with E-state index in [1.807, 2.05) is 16.8 Å². The minimum atomic E-state index is -0.533. The van der Waals surface area contributed by atoms with Gasteiger partial charge in [-0.2, -0.15) is 11.3 Å². The number of carbonyl (C=O) groups excluding carboxylic acids is 2. The second-order valence-electron chi connectivity index (χ2n) is 4.84. The molecule has 23 heavy (non-hydrogen) atoms. The van der Waals surface area contributed by atoms with E-state index in [1.54, 1.807) is 42.5 Å². The first-order chi connectivity index (χ1) is 11.0. The van der Waals surface area contributed by atoms with Crippen LogP contribution < -0.4 is 11.1 Å². The Morgan fingerprint density at radius 2 is 2.09 bits per heavy atom. The van der Waals surface area contributed by atoms with Gasteiger partial charge in [-0.25, -0.2) is 4.98 Å². The van der Waals surface area contributed by atoms with Crippen molar-refractivity contribution in [2.24, 2.45) is 5.73 Å². The Balaban J connectivity index is 1.84. The molecule has 0 saturated carbocycles. The Hall–Kier alpha value is -2.51. The maximum Gasteiger partial charge on any atom is 0.267 e. The van der Waals surface area contributed by atoms with Crippen LogP contribution in [-0.4, -0.2) is 16.8 Å². The molecule has 3 N–H and O–H groups in total. The third-order valence-corrected chi connectivity index (χ3v) is 5.06. The van der Waals surface area contributed by atoms with E-state index in [9.17, 15) is 9.59 Å². The monoisotopic (exact) mass is 343 g/mol. The van der Waals surface area contributed by atoms with Crippen LogP contribution >= 0.6 is 22.7 Å². The molecule has 1 aromatic carbocycles. The van der Waals surface area contributed by atoms with Crippen molar-refractivity contribution in [3.8, 4) is 10.6 Å². The van der Waals surface area contributed by atoms with Gasteiger partial charge in [0.15, 0.2) is 0 Å². The van der Waals surface area contributed by atoms with Crippen molar-refractivity contribution >= 4 is 40.2 Å². The number of benzene rings is 1. The zero-order valence-corrected chi connectivity index (χ0v) is 13.8. The van der Waals surface area contributed by atoms with Crippen LogP contribution in [-0.2, 0) is 0 Å². The number of amides is 2. The van der Waals surface area contributed by atoms with Crippen molar-refractivity contribution in [2.75, 3.05) is 5.32 Å². The van der Waals surface area contributed by atoms with Crippen molar-refractivity contribution in [2.45, 2.75) is 6.92 Å². The minimum Gasteiger partial charge on any atom is -0.366 e. The number of nitrogens with zero attached hydrogens (tertiary/aromatic N) is 1. The number of anilines is 1. The Morgan fingerprint density at radius 1 is 1.26 bits per heavy atom. The van der Waals surface area contributed by atoms with Gasteiger partial charge in [0.05, 0.1) is 5.69 Å². The van der Waals surface area contributed by atoms with E-state index in [-0.39, 0.29) is 5.91 Å². The second-order valence-corrected chi connectivity index (χ2v) is 6.62. The lowest BCUT2D eigenvalue weighted by Crippen LogP contribution is -2.14. The smallest absolute Gasteiger partial charge is 0.267 e. The summed E-state index contributed by atoms with van der Waals surface area (Å²) in [6, 6.07) is 8.51. The van der Waals surface area contributed by atoms with Gasteiger partial charge in [-0.15, -0.1) is 11.3 Å². The largest absolute Gasteiger partial charge is 0.366 e. The van der Waals surface area contributed by atoms with Gasteiger partial charge in [-0.1, -0.05) is 6.07 Å². The van der Waals surface area contributed by atoms with Crippen LogP contribution in [0.1, 0.15) is 25.7 Å². The molecule has 2 heterocycles. The molecule has 0 radical (unpaired) electrons. The van der Waals surface area contributed by atoms with Crippen LogP contribution in [0.3, 0.4) is 0 Å². The predicted octanol–water partition coefficient (Wildman–Crippen LogP) is 3.53. The molecule has 0 bridgehead atoms. The number of hydrogen-bond donors (Lipinski definition) is 2. The fourth-order valence-electron chi connectivity index (χ4n) is 2.05. The number of aryl methyl sites for hydroxylation is 1. The number of nitrogens with one attached hydrogen (secondary N) is 1. The Bertz CT molecular complexity index is 869. The molecule has 0 saturated heterocycles. The Morgan fingerprint density at radius 3 is 2.78 bits per heavy atom. The molecular weight excluding hydrogens is 330 g/mol. The number of carbonyl (C=O) groups is 2. The summed E-state index contributed by atoms with van der Waals surface area (Å²) in [4.78, 5) is 28.6. The quantitative estimate of drug-likeness (QED) is 0.760. The molecule has 0 unspecified atom stereocenters. The first-order valence-electron chi connectivity index (χ1n) is 6.76. The van der Waals surface area contributed by atoms with Crippen molar-refractivity contribution in [3.05, 3.63) is 57.2 Å². The Kier molecular flexibility index (Phi) is 4.22. The number of rotatable bonds is 4. The molecular formula is C16H13N3O2S2. The zero-order valence-electron chi connectivity index (χ0n) is 12.2. The number of thiazole rings is 1. The minimum absolute atomic E-state index is 0.247. The van der Waals surface area contributed by atoms with Crippen molar-refractivity contribution in [3.63, 3.8) is 0 Å². The number of hydrogen-bond acceptors (Lipinski definition) is 5. The van der Waals surface area contributed by atoms with E-state index in [1.165, 1.54) is 11.3 Å². The van der Waals surface area contributed by atoms with Gasteiger partial charge in [-0.05, 0) is 36.6 Å². The number of aromatic nitrogens is 1. The fourth-order valence-corrected chi connectivity index (χ4v) is 3.73. The summed E-state index contributed by atoms with van der Waals surface area (Å²) in [5.41, 5.74) is 7.81. The van der Waals surface area contributed by atoms with E-state index < -0.39 is 5.91 Å².